The van der Waals surface area contributed by atoms with E-state index in [2.05, 4.69) is 25.7 Å². The monoisotopic (exact) mass is 213 g/mol. The number of hydrogen-bond acceptors (Lipinski definition) is 2. The van der Waals surface area contributed by atoms with Gasteiger partial charge in [-0.25, -0.2) is 0 Å². The van der Waals surface area contributed by atoms with Gasteiger partial charge in [-0.3, -0.25) is 9.69 Å². The summed E-state index contributed by atoms with van der Waals surface area (Å²) in [6.45, 7) is 8.39. The molecule has 0 radical (unpaired) electrons. The molecule has 1 N–H and O–H groups in total. The first-order valence-corrected chi connectivity index (χ1v) is 5.93. The molecule has 15 heavy (non-hydrogen) atoms. The van der Waals surface area contributed by atoms with Crippen molar-refractivity contribution >= 4 is 5.97 Å². The minimum atomic E-state index is -0.652. The number of rotatable bonds is 5. The number of likely N-dealkylation sites (tertiary alicyclic amines) is 1. The first-order valence-electron chi connectivity index (χ1n) is 5.93. The maximum Gasteiger partial charge on any atom is 0.320 e. The third kappa shape index (κ3) is 3.49. The molecular formula is C12H23NO2. The quantitative estimate of drug-likeness (QED) is 0.762. The Morgan fingerprint density at radius 2 is 2.20 bits per heavy atom. The van der Waals surface area contributed by atoms with Crippen LogP contribution >= 0.6 is 0 Å². The van der Waals surface area contributed by atoms with Crippen molar-refractivity contribution in [3.63, 3.8) is 0 Å². The second-order valence-electron chi connectivity index (χ2n) is 5.38. The molecule has 0 aromatic rings. The zero-order valence-corrected chi connectivity index (χ0v) is 10.1. The van der Waals surface area contributed by atoms with Gasteiger partial charge < -0.3 is 5.11 Å². The lowest BCUT2D eigenvalue weighted by Gasteiger charge is -2.25. The Hall–Kier alpha value is -0.570. The second-order valence-corrected chi connectivity index (χ2v) is 5.38. The Balaban J connectivity index is 2.54. The van der Waals surface area contributed by atoms with Crippen molar-refractivity contribution in [1.82, 2.24) is 4.90 Å². The van der Waals surface area contributed by atoms with Crippen LogP contribution in [0.2, 0.25) is 0 Å². The minimum Gasteiger partial charge on any atom is -0.480 e. The summed E-state index contributed by atoms with van der Waals surface area (Å²) in [6, 6.07) is -0.258. The maximum absolute atomic E-state index is 11.2. The lowest BCUT2D eigenvalue weighted by molar-refractivity contribution is -0.143. The van der Waals surface area contributed by atoms with Crippen molar-refractivity contribution in [2.24, 2.45) is 5.41 Å². The number of nitrogens with zero attached hydrogens (tertiary/aromatic N) is 1. The predicted octanol–water partition coefficient (Wildman–Crippen LogP) is 2.36. The van der Waals surface area contributed by atoms with E-state index in [4.69, 9.17) is 0 Å². The van der Waals surface area contributed by atoms with Crippen molar-refractivity contribution in [2.45, 2.75) is 52.5 Å². The Bertz CT molecular complexity index is 226. The summed E-state index contributed by atoms with van der Waals surface area (Å²) < 4.78 is 0. The summed E-state index contributed by atoms with van der Waals surface area (Å²) in [7, 11) is 0. The van der Waals surface area contributed by atoms with E-state index in [1.54, 1.807) is 0 Å². The number of hydrogen-bond donors (Lipinski definition) is 1. The molecule has 3 nitrogen and oxygen atoms in total. The highest BCUT2D eigenvalue weighted by atomic mass is 16.4. The van der Waals surface area contributed by atoms with Gasteiger partial charge in [-0.15, -0.1) is 0 Å². The number of carboxylic acid groups (broad SMARTS) is 1. The van der Waals surface area contributed by atoms with Gasteiger partial charge >= 0.3 is 5.97 Å². The van der Waals surface area contributed by atoms with E-state index < -0.39 is 5.97 Å². The standard InChI is InChI=1S/C12H23NO2/c1-4-5-6-10(11(14)15)13-8-7-12(2,3)9-13/h10H,4-9H2,1-3H3,(H,14,15). The van der Waals surface area contributed by atoms with Gasteiger partial charge in [0.1, 0.15) is 6.04 Å². The Labute approximate surface area is 92.5 Å². The van der Waals surface area contributed by atoms with Gasteiger partial charge in [0.2, 0.25) is 0 Å². The van der Waals surface area contributed by atoms with Crippen molar-refractivity contribution in [3.05, 3.63) is 0 Å². The molecule has 0 aromatic heterocycles. The number of carboxylic acids is 1. The van der Waals surface area contributed by atoms with Crippen LogP contribution in [-0.2, 0) is 4.79 Å². The summed E-state index contributed by atoms with van der Waals surface area (Å²) in [5.41, 5.74) is 0.292. The highest BCUT2D eigenvalue weighted by molar-refractivity contribution is 5.73. The average Bonchev–Trinajstić information content (AvgIpc) is 2.46. The van der Waals surface area contributed by atoms with Crippen LogP contribution in [0.25, 0.3) is 0 Å². The van der Waals surface area contributed by atoms with Crippen LogP contribution in [0.3, 0.4) is 0 Å². The molecule has 1 saturated heterocycles. The lowest BCUT2D eigenvalue weighted by Crippen LogP contribution is -2.40. The first-order chi connectivity index (χ1) is 6.96. The molecule has 0 aliphatic carbocycles. The number of carbonyl (C=O) groups is 1. The van der Waals surface area contributed by atoms with Gasteiger partial charge in [-0.1, -0.05) is 33.6 Å². The third-order valence-electron chi connectivity index (χ3n) is 3.26. The van der Waals surface area contributed by atoms with E-state index in [9.17, 15) is 9.90 Å². The molecule has 3 heteroatoms. The fourth-order valence-corrected chi connectivity index (χ4v) is 2.28. The number of aliphatic carboxylic acids is 1. The van der Waals surface area contributed by atoms with Crippen LogP contribution in [0.4, 0.5) is 0 Å². The van der Waals surface area contributed by atoms with Crippen molar-refractivity contribution in [3.8, 4) is 0 Å². The predicted molar refractivity (Wildman–Crippen MR) is 60.9 cm³/mol. The highest BCUT2D eigenvalue weighted by Crippen LogP contribution is 2.31. The van der Waals surface area contributed by atoms with Crippen LogP contribution < -0.4 is 0 Å². The molecule has 1 atom stereocenters. The molecule has 1 aliphatic rings. The molecule has 88 valence electrons. The lowest BCUT2D eigenvalue weighted by atomic mass is 9.93. The Morgan fingerprint density at radius 3 is 2.60 bits per heavy atom. The van der Waals surface area contributed by atoms with Gasteiger partial charge in [0, 0.05) is 6.54 Å². The zero-order valence-electron chi connectivity index (χ0n) is 10.1. The van der Waals surface area contributed by atoms with Crippen molar-refractivity contribution in [1.29, 1.82) is 0 Å². The summed E-state index contributed by atoms with van der Waals surface area (Å²) in [5, 5.41) is 9.19. The minimum absolute atomic E-state index is 0.258. The summed E-state index contributed by atoms with van der Waals surface area (Å²) in [6.07, 6.45) is 3.99. The van der Waals surface area contributed by atoms with Gasteiger partial charge in [0.15, 0.2) is 0 Å². The summed E-state index contributed by atoms with van der Waals surface area (Å²) in [4.78, 5) is 13.3. The largest absolute Gasteiger partial charge is 0.480 e. The molecule has 0 aromatic carbocycles. The van der Waals surface area contributed by atoms with Crippen molar-refractivity contribution < 1.29 is 9.90 Å². The van der Waals surface area contributed by atoms with Gasteiger partial charge in [-0.05, 0) is 24.8 Å². The SMILES string of the molecule is CCCCC(C(=O)O)N1CCC(C)(C)C1. The zero-order chi connectivity index (χ0) is 11.5. The van der Waals surface area contributed by atoms with E-state index in [0.717, 1.165) is 38.8 Å². The molecule has 1 fully saturated rings. The maximum atomic E-state index is 11.2. The molecule has 0 amide bonds. The van der Waals surface area contributed by atoms with Crippen LogP contribution in [-0.4, -0.2) is 35.1 Å². The van der Waals surface area contributed by atoms with Crippen LogP contribution in [0, 0.1) is 5.41 Å². The second kappa shape index (κ2) is 4.97. The summed E-state index contributed by atoms with van der Waals surface area (Å²) >= 11 is 0. The van der Waals surface area contributed by atoms with Gasteiger partial charge in [0.05, 0.1) is 0 Å². The van der Waals surface area contributed by atoms with Crippen molar-refractivity contribution in [2.75, 3.05) is 13.1 Å². The Morgan fingerprint density at radius 1 is 1.53 bits per heavy atom. The van der Waals surface area contributed by atoms with Crippen LogP contribution in [0.15, 0.2) is 0 Å². The highest BCUT2D eigenvalue weighted by Gasteiger charge is 2.35. The fourth-order valence-electron chi connectivity index (χ4n) is 2.28. The topological polar surface area (TPSA) is 40.5 Å². The molecule has 1 unspecified atom stereocenters. The smallest absolute Gasteiger partial charge is 0.320 e. The molecule has 1 heterocycles. The van der Waals surface area contributed by atoms with Gasteiger partial charge in [0.25, 0.3) is 0 Å². The normalized spacial score (nSPS) is 22.9. The molecule has 1 aliphatic heterocycles. The molecule has 0 spiro atoms. The van der Waals surface area contributed by atoms with E-state index >= 15 is 0 Å². The third-order valence-corrected chi connectivity index (χ3v) is 3.26. The average molecular weight is 213 g/mol. The number of unbranched alkanes of at least 4 members (excludes halogenated alkanes) is 1. The van der Waals surface area contributed by atoms with E-state index in [0.29, 0.717) is 5.41 Å². The van der Waals surface area contributed by atoms with E-state index in [1.165, 1.54) is 0 Å². The molecule has 0 saturated carbocycles. The molecule has 0 bridgehead atoms. The van der Waals surface area contributed by atoms with Crippen LogP contribution in [0.1, 0.15) is 46.5 Å². The molecule has 1 rings (SSSR count). The Kier molecular flexibility index (Phi) is 4.14. The van der Waals surface area contributed by atoms with E-state index in [1.807, 2.05) is 0 Å². The summed E-state index contributed by atoms with van der Waals surface area (Å²) in [5.74, 6) is -0.652. The first kappa shape index (κ1) is 12.5. The van der Waals surface area contributed by atoms with Gasteiger partial charge in [-0.2, -0.15) is 0 Å². The molecular weight excluding hydrogens is 190 g/mol. The fraction of sp³-hybridized carbons (Fsp3) is 0.917. The van der Waals surface area contributed by atoms with E-state index in [-0.39, 0.29) is 6.04 Å². The van der Waals surface area contributed by atoms with Crippen LogP contribution in [0.5, 0.6) is 0 Å².